The van der Waals surface area contributed by atoms with Gasteiger partial charge in [-0.05, 0) is 24.6 Å². The number of benzene rings is 2. The van der Waals surface area contributed by atoms with Crippen LogP contribution in [0.5, 0.6) is 0 Å². The predicted molar refractivity (Wildman–Crippen MR) is 78.8 cm³/mol. The van der Waals surface area contributed by atoms with Crippen LogP contribution in [0.4, 0.5) is 0 Å². The molecule has 2 aromatic rings. The van der Waals surface area contributed by atoms with Crippen molar-refractivity contribution in [3.8, 4) is 0 Å². The number of aliphatic hydroxyl groups excluding tert-OH is 1. The van der Waals surface area contributed by atoms with E-state index in [1.165, 1.54) is 5.56 Å². The summed E-state index contributed by atoms with van der Waals surface area (Å²) in [4.78, 5) is 2.24. The number of nitrogens with zero attached hydrogens (tertiary/aromatic N) is 1. The molecule has 2 rings (SSSR count). The monoisotopic (exact) mass is 255 g/mol. The van der Waals surface area contributed by atoms with E-state index in [0.29, 0.717) is 0 Å². The van der Waals surface area contributed by atoms with Crippen LogP contribution >= 0.6 is 0 Å². The molecule has 2 aromatic carbocycles. The van der Waals surface area contributed by atoms with Crippen molar-refractivity contribution in [3.63, 3.8) is 0 Å². The van der Waals surface area contributed by atoms with Crippen LogP contribution in [0, 0.1) is 0 Å². The highest BCUT2D eigenvalue weighted by molar-refractivity contribution is 5.17. The molecule has 0 spiro atoms. The minimum atomic E-state index is -0.376. The maximum absolute atomic E-state index is 10.1. The summed E-state index contributed by atoms with van der Waals surface area (Å²) in [5, 5.41) is 10.1. The van der Waals surface area contributed by atoms with Gasteiger partial charge in [-0.3, -0.25) is 0 Å². The molecule has 0 amide bonds. The molecule has 0 saturated carbocycles. The van der Waals surface area contributed by atoms with Crippen LogP contribution in [0.3, 0.4) is 0 Å². The highest BCUT2D eigenvalue weighted by Crippen LogP contribution is 2.16. The van der Waals surface area contributed by atoms with Gasteiger partial charge in [0.15, 0.2) is 0 Å². The molecule has 0 aliphatic heterocycles. The topological polar surface area (TPSA) is 23.5 Å². The van der Waals surface area contributed by atoms with Crippen molar-refractivity contribution < 1.29 is 5.11 Å². The quantitative estimate of drug-likeness (QED) is 0.856. The summed E-state index contributed by atoms with van der Waals surface area (Å²) in [7, 11) is 2.09. The molecule has 0 aliphatic rings. The molecular formula is C17H21NO. The lowest BCUT2D eigenvalue weighted by molar-refractivity contribution is 0.147. The molecule has 1 N–H and O–H groups in total. The highest BCUT2D eigenvalue weighted by atomic mass is 16.3. The van der Waals surface area contributed by atoms with Gasteiger partial charge in [-0.2, -0.15) is 0 Å². The Morgan fingerprint density at radius 2 is 1.53 bits per heavy atom. The molecule has 0 aliphatic carbocycles. The Morgan fingerprint density at radius 3 is 2.16 bits per heavy atom. The maximum Gasteiger partial charge on any atom is 0.0802 e. The van der Waals surface area contributed by atoms with Crippen LogP contribution in [-0.4, -0.2) is 23.6 Å². The Bertz CT molecular complexity index is 469. The van der Waals surface area contributed by atoms with Crippen LogP contribution in [-0.2, 0) is 6.54 Å². The van der Waals surface area contributed by atoms with Gasteiger partial charge in [0.2, 0.25) is 0 Å². The Balaban J connectivity index is 1.79. The average Bonchev–Trinajstić information content (AvgIpc) is 2.47. The SMILES string of the molecule is CN(CC[C@@H](O)c1ccccc1)Cc1ccccc1. The van der Waals surface area contributed by atoms with E-state index in [-0.39, 0.29) is 6.10 Å². The van der Waals surface area contributed by atoms with E-state index < -0.39 is 0 Å². The molecule has 0 bridgehead atoms. The van der Waals surface area contributed by atoms with Crippen molar-refractivity contribution in [3.05, 3.63) is 71.8 Å². The second kappa shape index (κ2) is 7.07. The van der Waals surface area contributed by atoms with Crippen molar-refractivity contribution in [2.45, 2.75) is 19.1 Å². The number of rotatable bonds is 6. The summed E-state index contributed by atoms with van der Waals surface area (Å²) in [6.07, 6.45) is 0.382. The zero-order valence-corrected chi connectivity index (χ0v) is 11.4. The summed E-state index contributed by atoms with van der Waals surface area (Å²) in [5.74, 6) is 0. The molecule has 0 radical (unpaired) electrons. The highest BCUT2D eigenvalue weighted by Gasteiger charge is 2.08. The summed E-state index contributed by atoms with van der Waals surface area (Å²) < 4.78 is 0. The molecule has 0 unspecified atom stereocenters. The number of aliphatic hydroxyl groups is 1. The molecule has 0 heterocycles. The Kier molecular flexibility index (Phi) is 5.13. The number of hydrogen-bond donors (Lipinski definition) is 1. The second-order valence-electron chi connectivity index (χ2n) is 4.94. The lowest BCUT2D eigenvalue weighted by atomic mass is 10.1. The van der Waals surface area contributed by atoms with E-state index >= 15 is 0 Å². The molecule has 1 atom stereocenters. The summed E-state index contributed by atoms with van der Waals surface area (Å²) >= 11 is 0. The van der Waals surface area contributed by atoms with Crippen molar-refractivity contribution in [1.29, 1.82) is 0 Å². The van der Waals surface area contributed by atoms with Gasteiger partial charge >= 0.3 is 0 Å². The van der Waals surface area contributed by atoms with Gasteiger partial charge in [0.1, 0.15) is 0 Å². The molecule has 19 heavy (non-hydrogen) atoms. The molecule has 2 heteroatoms. The zero-order valence-electron chi connectivity index (χ0n) is 11.4. The summed E-state index contributed by atoms with van der Waals surface area (Å²) in [6, 6.07) is 20.3. The second-order valence-corrected chi connectivity index (χ2v) is 4.94. The largest absolute Gasteiger partial charge is 0.388 e. The van der Waals surface area contributed by atoms with Gasteiger partial charge in [-0.25, -0.2) is 0 Å². The third kappa shape index (κ3) is 4.51. The fraction of sp³-hybridized carbons (Fsp3) is 0.294. The lowest BCUT2D eigenvalue weighted by Gasteiger charge is -2.19. The Hall–Kier alpha value is -1.64. The van der Waals surface area contributed by atoms with E-state index in [1.807, 2.05) is 36.4 Å². The first-order chi connectivity index (χ1) is 9.25. The average molecular weight is 255 g/mol. The fourth-order valence-electron chi connectivity index (χ4n) is 2.16. The van der Waals surface area contributed by atoms with E-state index in [4.69, 9.17) is 0 Å². The van der Waals surface area contributed by atoms with Crippen molar-refractivity contribution in [1.82, 2.24) is 4.90 Å². The molecule has 100 valence electrons. The Labute approximate surface area is 115 Å². The van der Waals surface area contributed by atoms with Crippen molar-refractivity contribution in [2.75, 3.05) is 13.6 Å². The van der Waals surface area contributed by atoms with Crippen molar-refractivity contribution >= 4 is 0 Å². The zero-order chi connectivity index (χ0) is 13.5. The van der Waals surface area contributed by atoms with Crippen LogP contribution in [0.15, 0.2) is 60.7 Å². The van der Waals surface area contributed by atoms with Crippen LogP contribution in [0.2, 0.25) is 0 Å². The Morgan fingerprint density at radius 1 is 0.947 bits per heavy atom. The van der Waals surface area contributed by atoms with Crippen molar-refractivity contribution in [2.24, 2.45) is 0 Å². The molecule has 0 aromatic heterocycles. The maximum atomic E-state index is 10.1. The normalized spacial score (nSPS) is 12.6. The van der Waals surface area contributed by atoms with Gasteiger partial charge in [0.25, 0.3) is 0 Å². The van der Waals surface area contributed by atoms with Gasteiger partial charge in [-0.1, -0.05) is 60.7 Å². The third-order valence-corrected chi connectivity index (χ3v) is 3.26. The summed E-state index contributed by atoms with van der Waals surface area (Å²) in [6.45, 7) is 1.80. The third-order valence-electron chi connectivity index (χ3n) is 3.26. The van der Waals surface area contributed by atoms with Crippen LogP contribution < -0.4 is 0 Å². The predicted octanol–water partition coefficient (Wildman–Crippen LogP) is 3.24. The van der Waals surface area contributed by atoms with Crippen LogP contribution in [0.25, 0.3) is 0 Å². The lowest BCUT2D eigenvalue weighted by Crippen LogP contribution is -2.20. The molecule has 0 fully saturated rings. The van der Waals surface area contributed by atoms with E-state index in [9.17, 15) is 5.11 Å². The molecule has 2 nitrogen and oxygen atoms in total. The summed E-state index contributed by atoms with van der Waals surface area (Å²) in [5.41, 5.74) is 2.30. The first-order valence-corrected chi connectivity index (χ1v) is 6.71. The van der Waals surface area contributed by atoms with Gasteiger partial charge < -0.3 is 10.0 Å². The minimum absolute atomic E-state index is 0.376. The minimum Gasteiger partial charge on any atom is -0.388 e. The van der Waals surface area contributed by atoms with E-state index in [0.717, 1.165) is 25.1 Å². The molecular weight excluding hydrogens is 234 g/mol. The van der Waals surface area contributed by atoms with E-state index in [1.54, 1.807) is 0 Å². The van der Waals surface area contributed by atoms with Gasteiger partial charge in [0.05, 0.1) is 6.10 Å². The van der Waals surface area contributed by atoms with Gasteiger partial charge in [0, 0.05) is 13.1 Å². The fourth-order valence-corrected chi connectivity index (χ4v) is 2.16. The first kappa shape index (κ1) is 13.8. The number of hydrogen-bond acceptors (Lipinski definition) is 2. The van der Waals surface area contributed by atoms with Gasteiger partial charge in [-0.15, -0.1) is 0 Å². The first-order valence-electron chi connectivity index (χ1n) is 6.71. The molecule has 0 saturated heterocycles. The smallest absolute Gasteiger partial charge is 0.0802 e. The standard InChI is InChI=1S/C17H21NO/c1-18(14-15-8-4-2-5-9-15)13-12-17(19)16-10-6-3-7-11-16/h2-11,17,19H,12-14H2,1H3/t17-/m1/s1. The van der Waals surface area contributed by atoms with E-state index in [2.05, 4.69) is 36.2 Å². The van der Waals surface area contributed by atoms with Crippen LogP contribution in [0.1, 0.15) is 23.7 Å².